The molecule has 0 radical (unpaired) electrons. The molecule has 1 aromatic heterocycles. The number of anilines is 2. The Morgan fingerprint density at radius 2 is 2.00 bits per heavy atom. The highest BCUT2D eigenvalue weighted by molar-refractivity contribution is 7.94. The minimum atomic E-state index is -3.43. The highest BCUT2D eigenvalue weighted by Crippen LogP contribution is 2.22. The number of hydrogen-bond acceptors (Lipinski definition) is 4. The smallest absolute Gasteiger partial charge is 0.237 e. The van der Waals surface area contributed by atoms with Gasteiger partial charge in [-0.15, -0.1) is 0 Å². The van der Waals surface area contributed by atoms with E-state index in [9.17, 15) is 8.42 Å². The van der Waals surface area contributed by atoms with Gasteiger partial charge in [0.25, 0.3) is 0 Å². The normalized spacial score (nSPS) is 12.5. The van der Waals surface area contributed by atoms with Crippen LogP contribution in [0.4, 0.5) is 11.4 Å². The average molecular weight is 229 g/mol. The molecule has 3 N–H and O–H groups in total. The van der Waals surface area contributed by atoms with Crippen LogP contribution in [0.5, 0.6) is 0 Å². The molecule has 5 nitrogen and oxygen atoms in total. The lowest BCUT2D eigenvalue weighted by atomic mass is 10.3. The van der Waals surface area contributed by atoms with E-state index in [1.807, 2.05) is 0 Å². The Morgan fingerprint density at radius 3 is 2.47 bits per heavy atom. The van der Waals surface area contributed by atoms with Crippen molar-refractivity contribution in [3.63, 3.8) is 0 Å². The highest BCUT2D eigenvalue weighted by atomic mass is 32.2. The molecular weight excluding hydrogens is 214 g/mol. The summed E-state index contributed by atoms with van der Waals surface area (Å²) in [6.45, 7) is 4.85. The molecule has 0 spiro atoms. The number of hydrogen-bond donors (Lipinski definition) is 2. The van der Waals surface area contributed by atoms with Crippen LogP contribution in [0.15, 0.2) is 18.5 Å². The second kappa shape index (κ2) is 3.69. The van der Waals surface area contributed by atoms with Gasteiger partial charge in [-0.3, -0.25) is 9.71 Å². The monoisotopic (exact) mass is 229 g/mol. The van der Waals surface area contributed by atoms with E-state index in [0.717, 1.165) is 0 Å². The topological polar surface area (TPSA) is 85.1 Å². The molecule has 1 aromatic rings. The maximum absolute atomic E-state index is 11.8. The summed E-state index contributed by atoms with van der Waals surface area (Å²) in [6.07, 6.45) is 2.89. The van der Waals surface area contributed by atoms with Gasteiger partial charge in [-0.2, -0.15) is 0 Å². The molecule has 0 aromatic carbocycles. The van der Waals surface area contributed by atoms with Gasteiger partial charge in [0.1, 0.15) is 0 Å². The first-order chi connectivity index (χ1) is 6.74. The Labute approximate surface area is 89.8 Å². The maximum Gasteiger partial charge on any atom is 0.237 e. The molecular formula is C9H15N3O2S. The SMILES string of the molecule is CC(C)(C)S(=O)(=O)Nc1ccncc1N. The van der Waals surface area contributed by atoms with E-state index in [-0.39, 0.29) is 0 Å². The van der Waals surface area contributed by atoms with Crippen molar-refractivity contribution in [1.29, 1.82) is 0 Å². The van der Waals surface area contributed by atoms with E-state index in [2.05, 4.69) is 9.71 Å². The fraction of sp³-hybridized carbons (Fsp3) is 0.444. The third-order valence-corrected chi connectivity index (χ3v) is 4.00. The van der Waals surface area contributed by atoms with Crippen LogP contribution in [-0.4, -0.2) is 18.1 Å². The zero-order chi connectivity index (χ0) is 11.7. The number of pyridine rings is 1. The average Bonchev–Trinajstić information content (AvgIpc) is 2.06. The molecule has 0 bridgehead atoms. The number of rotatable bonds is 2. The van der Waals surface area contributed by atoms with Crippen LogP contribution in [0.25, 0.3) is 0 Å². The van der Waals surface area contributed by atoms with Crippen molar-refractivity contribution < 1.29 is 8.42 Å². The number of aromatic nitrogens is 1. The maximum atomic E-state index is 11.8. The van der Waals surface area contributed by atoms with E-state index in [1.165, 1.54) is 18.5 Å². The molecule has 15 heavy (non-hydrogen) atoms. The minimum absolute atomic E-state index is 0.310. The third kappa shape index (κ3) is 2.59. The molecule has 0 atom stereocenters. The lowest BCUT2D eigenvalue weighted by Crippen LogP contribution is -2.33. The van der Waals surface area contributed by atoms with Crippen molar-refractivity contribution in [2.75, 3.05) is 10.5 Å². The molecule has 1 heterocycles. The molecule has 0 aliphatic carbocycles. The first kappa shape index (κ1) is 11.8. The van der Waals surface area contributed by atoms with E-state index in [1.54, 1.807) is 20.8 Å². The zero-order valence-electron chi connectivity index (χ0n) is 8.98. The first-order valence-electron chi connectivity index (χ1n) is 4.46. The van der Waals surface area contributed by atoms with Crippen molar-refractivity contribution in [1.82, 2.24) is 4.98 Å². The fourth-order valence-electron chi connectivity index (χ4n) is 0.797. The summed E-state index contributed by atoms with van der Waals surface area (Å²) in [4.78, 5) is 3.78. The molecule has 84 valence electrons. The quantitative estimate of drug-likeness (QED) is 0.798. The third-order valence-electron chi connectivity index (χ3n) is 1.90. The molecule has 0 saturated carbocycles. The number of nitrogens with zero attached hydrogens (tertiary/aromatic N) is 1. The molecule has 1 rings (SSSR count). The summed E-state index contributed by atoms with van der Waals surface area (Å²) in [7, 11) is -3.43. The van der Waals surface area contributed by atoms with Gasteiger partial charge >= 0.3 is 0 Å². The zero-order valence-corrected chi connectivity index (χ0v) is 9.80. The summed E-state index contributed by atoms with van der Waals surface area (Å²) in [5, 5.41) is 0. The number of nitrogen functional groups attached to an aromatic ring is 1. The minimum Gasteiger partial charge on any atom is -0.396 e. The van der Waals surface area contributed by atoms with Crippen LogP contribution in [0.3, 0.4) is 0 Å². The lowest BCUT2D eigenvalue weighted by molar-refractivity contribution is 0.566. The van der Waals surface area contributed by atoms with Gasteiger partial charge in [-0.05, 0) is 26.8 Å². The summed E-state index contributed by atoms with van der Waals surface area (Å²) in [5.41, 5.74) is 6.25. The van der Waals surface area contributed by atoms with Crippen molar-refractivity contribution in [2.24, 2.45) is 0 Å². The van der Waals surface area contributed by atoms with Crippen LogP contribution in [0.2, 0.25) is 0 Å². The lowest BCUT2D eigenvalue weighted by Gasteiger charge is -2.20. The number of sulfonamides is 1. The van der Waals surface area contributed by atoms with E-state index in [4.69, 9.17) is 5.73 Å². The summed E-state index contributed by atoms with van der Waals surface area (Å²) in [5.74, 6) is 0. The Kier molecular flexibility index (Phi) is 2.90. The van der Waals surface area contributed by atoms with Crippen molar-refractivity contribution in [3.8, 4) is 0 Å². The molecule has 0 aliphatic rings. The van der Waals surface area contributed by atoms with Gasteiger partial charge in [-0.1, -0.05) is 0 Å². The van der Waals surface area contributed by atoms with Crippen LogP contribution >= 0.6 is 0 Å². The fourth-order valence-corrected chi connectivity index (χ4v) is 1.58. The van der Waals surface area contributed by atoms with Crippen LogP contribution in [0, 0.1) is 0 Å². The molecule has 0 saturated heterocycles. The van der Waals surface area contributed by atoms with Gasteiger partial charge in [-0.25, -0.2) is 8.42 Å². The predicted molar refractivity (Wildman–Crippen MR) is 60.9 cm³/mol. The van der Waals surface area contributed by atoms with Crippen LogP contribution < -0.4 is 10.5 Å². The Balaban J connectivity index is 3.03. The molecule has 0 amide bonds. The highest BCUT2D eigenvalue weighted by Gasteiger charge is 2.29. The van der Waals surface area contributed by atoms with Gasteiger partial charge in [0.2, 0.25) is 10.0 Å². The predicted octanol–water partition coefficient (Wildman–Crippen LogP) is 1.20. The summed E-state index contributed by atoms with van der Waals surface area (Å²) >= 11 is 0. The van der Waals surface area contributed by atoms with E-state index >= 15 is 0 Å². The molecule has 0 unspecified atom stereocenters. The summed E-state index contributed by atoms with van der Waals surface area (Å²) in [6, 6.07) is 1.53. The van der Waals surface area contributed by atoms with Crippen molar-refractivity contribution in [2.45, 2.75) is 25.5 Å². The van der Waals surface area contributed by atoms with Crippen LogP contribution in [-0.2, 0) is 10.0 Å². The first-order valence-corrected chi connectivity index (χ1v) is 5.94. The van der Waals surface area contributed by atoms with E-state index in [0.29, 0.717) is 11.4 Å². The van der Waals surface area contributed by atoms with Crippen LogP contribution in [0.1, 0.15) is 20.8 Å². The Hall–Kier alpha value is -1.30. The Morgan fingerprint density at radius 1 is 1.40 bits per heavy atom. The largest absolute Gasteiger partial charge is 0.396 e. The second-order valence-electron chi connectivity index (χ2n) is 4.18. The van der Waals surface area contributed by atoms with Gasteiger partial charge in [0.15, 0.2) is 0 Å². The van der Waals surface area contributed by atoms with Gasteiger partial charge < -0.3 is 5.73 Å². The molecule has 6 heteroatoms. The van der Waals surface area contributed by atoms with Crippen molar-refractivity contribution >= 4 is 21.4 Å². The second-order valence-corrected chi connectivity index (χ2v) is 6.62. The standard InChI is InChI=1S/C9H15N3O2S/c1-9(2,3)15(13,14)12-8-4-5-11-6-7(8)10/h4-6H,10H2,1-3H3,(H,11,12). The molecule has 0 fully saturated rings. The Bertz CT molecular complexity index is 449. The number of nitrogens with two attached hydrogens (primary N) is 1. The molecule has 0 aliphatic heterocycles. The van der Waals surface area contributed by atoms with Gasteiger partial charge in [0, 0.05) is 6.20 Å². The summed E-state index contributed by atoms with van der Waals surface area (Å²) < 4.78 is 25.1. The van der Waals surface area contributed by atoms with E-state index < -0.39 is 14.8 Å². The number of nitrogens with one attached hydrogen (secondary N) is 1. The van der Waals surface area contributed by atoms with Crippen molar-refractivity contribution in [3.05, 3.63) is 18.5 Å². The van der Waals surface area contributed by atoms with Gasteiger partial charge in [0.05, 0.1) is 22.3 Å².